The lowest BCUT2D eigenvalue weighted by Crippen LogP contribution is -2.35. The number of aliphatic hydroxyl groups is 1. The summed E-state index contributed by atoms with van der Waals surface area (Å²) in [5.74, 6) is -0.0384. The van der Waals surface area contributed by atoms with Gasteiger partial charge >= 0.3 is 0 Å². The molecule has 3 N–H and O–H groups in total. The molecular weight excluding hydrogens is 338 g/mol. The van der Waals surface area contributed by atoms with Gasteiger partial charge in [-0.25, -0.2) is 0 Å². The molecule has 3 aromatic rings. The topological polar surface area (TPSA) is 85.7 Å². The summed E-state index contributed by atoms with van der Waals surface area (Å²) in [6.45, 7) is 1.11. The van der Waals surface area contributed by atoms with Gasteiger partial charge in [0, 0.05) is 29.5 Å². The van der Waals surface area contributed by atoms with Gasteiger partial charge in [-0.1, -0.05) is 18.2 Å². The molecule has 0 radical (unpaired) electrons. The Morgan fingerprint density at radius 2 is 2.16 bits per heavy atom. The van der Waals surface area contributed by atoms with E-state index in [2.05, 4.69) is 4.98 Å². The van der Waals surface area contributed by atoms with E-state index in [0.717, 1.165) is 22.2 Å². The van der Waals surface area contributed by atoms with Crippen molar-refractivity contribution in [1.82, 2.24) is 15.4 Å². The molecule has 128 valence electrons. The summed E-state index contributed by atoms with van der Waals surface area (Å²) in [4.78, 5) is 21.0. The van der Waals surface area contributed by atoms with Crippen molar-refractivity contribution in [3.8, 4) is 0 Å². The largest absolute Gasteiger partial charge is 0.371 e. The molecule has 1 amide bonds. The highest BCUT2D eigenvalue weighted by Gasteiger charge is 2.26. The van der Waals surface area contributed by atoms with Gasteiger partial charge in [-0.15, -0.1) is 11.3 Å². The van der Waals surface area contributed by atoms with Gasteiger partial charge in [0.05, 0.1) is 16.0 Å². The molecule has 0 spiro atoms. The smallest absolute Gasteiger partial charge is 0.256 e. The third-order valence-corrected chi connectivity index (χ3v) is 5.72. The molecule has 0 saturated heterocycles. The molecule has 7 heteroatoms. The van der Waals surface area contributed by atoms with Crippen LogP contribution in [-0.4, -0.2) is 32.6 Å². The Hall–Kier alpha value is -2.32. The van der Waals surface area contributed by atoms with E-state index in [-0.39, 0.29) is 5.91 Å². The number of aliphatic hydroxyl groups excluding tert-OH is 1. The molecule has 1 aliphatic rings. The lowest BCUT2D eigenvalue weighted by molar-refractivity contribution is 0.00286. The summed E-state index contributed by atoms with van der Waals surface area (Å²) in [7, 11) is 0. The van der Waals surface area contributed by atoms with Gasteiger partial charge in [0.15, 0.2) is 6.23 Å². The van der Waals surface area contributed by atoms with Crippen molar-refractivity contribution in [2.75, 3.05) is 6.54 Å². The number of carbonyl (C=O) groups is 1. The average molecular weight is 355 g/mol. The van der Waals surface area contributed by atoms with Crippen LogP contribution in [0.2, 0.25) is 0 Å². The number of amides is 1. The lowest BCUT2D eigenvalue weighted by atomic mass is 10.1. The van der Waals surface area contributed by atoms with E-state index in [4.69, 9.17) is 5.21 Å². The van der Waals surface area contributed by atoms with Crippen molar-refractivity contribution in [3.05, 3.63) is 63.5 Å². The Bertz CT molecular complexity index is 935. The first-order chi connectivity index (χ1) is 12.2. The van der Waals surface area contributed by atoms with Crippen molar-refractivity contribution in [2.24, 2.45) is 0 Å². The number of thiophene rings is 1. The van der Waals surface area contributed by atoms with E-state index < -0.39 is 6.23 Å². The van der Waals surface area contributed by atoms with Crippen molar-refractivity contribution in [1.29, 1.82) is 0 Å². The Morgan fingerprint density at radius 1 is 1.32 bits per heavy atom. The summed E-state index contributed by atoms with van der Waals surface area (Å²) >= 11 is 1.46. The van der Waals surface area contributed by atoms with Crippen LogP contribution in [0.3, 0.4) is 0 Å². The molecule has 1 aromatic carbocycles. The van der Waals surface area contributed by atoms with Crippen LogP contribution in [0, 0.1) is 0 Å². The number of rotatable bonds is 3. The fourth-order valence-electron chi connectivity index (χ4n) is 3.17. The standard InChI is InChI=1S/C18H17N3O3S/c22-17(20-24)15-9-12-10-21(8-6-14(12)25-15)18(23)13-5-1-3-11-4-2-7-19-16(11)13/h1-5,7,9,17,20,22,24H,6,8,10H2. The SMILES string of the molecule is O=C(c1cccc2cccnc12)N1CCc2sc(C(O)NO)cc2C1. The summed E-state index contributed by atoms with van der Waals surface area (Å²) in [5, 5.41) is 19.5. The molecule has 4 rings (SSSR count). The molecule has 2 aromatic heterocycles. The van der Waals surface area contributed by atoms with Crippen molar-refractivity contribution < 1.29 is 15.1 Å². The van der Waals surface area contributed by atoms with Crippen LogP contribution in [0.4, 0.5) is 0 Å². The number of hydrogen-bond donors (Lipinski definition) is 3. The van der Waals surface area contributed by atoms with Gasteiger partial charge in [0.2, 0.25) is 0 Å². The number of para-hydroxylation sites is 1. The number of aromatic nitrogens is 1. The number of fused-ring (bicyclic) bond motifs is 2. The van der Waals surface area contributed by atoms with E-state index in [1.54, 1.807) is 11.1 Å². The summed E-state index contributed by atoms with van der Waals surface area (Å²) in [6.07, 6.45) is 1.34. The predicted octanol–water partition coefficient (Wildman–Crippen LogP) is 2.46. The van der Waals surface area contributed by atoms with E-state index in [1.165, 1.54) is 11.3 Å². The molecular formula is C18H17N3O3S. The van der Waals surface area contributed by atoms with E-state index >= 15 is 0 Å². The number of carbonyl (C=O) groups excluding carboxylic acids is 1. The molecule has 0 bridgehead atoms. The Balaban J connectivity index is 1.63. The molecule has 0 saturated carbocycles. The summed E-state index contributed by atoms with van der Waals surface area (Å²) in [6, 6.07) is 11.3. The Kier molecular flexibility index (Phi) is 4.22. The molecule has 3 heterocycles. The van der Waals surface area contributed by atoms with Crippen molar-refractivity contribution >= 4 is 28.1 Å². The molecule has 0 aliphatic carbocycles. The molecule has 1 unspecified atom stereocenters. The molecule has 1 aliphatic heterocycles. The minimum absolute atomic E-state index is 0.0384. The minimum atomic E-state index is -1.10. The number of nitrogens with zero attached hydrogens (tertiary/aromatic N) is 2. The number of benzene rings is 1. The monoisotopic (exact) mass is 355 g/mol. The summed E-state index contributed by atoms with van der Waals surface area (Å²) < 4.78 is 0. The Labute approximate surface area is 148 Å². The number of pyridine rings is 1. The van der Waals surface area contributed by atoms with Gasteiger partial charge in [-0.05, 0) is 30.2 Å². The Morgan fingerprint density at radius 3 is 3.00 bits per heavy atom. The second-order valence-corrected chi connectivity index (χ2v) is 7.15. The third kappa shape index (κ3) is 2.91. The molecule has 1 atom stereocenters. The van der Waals surface area contributed by atoms with Crippen LogP contribution < -0.4 is 5.48 Å². The summed E-state index contributed by atoms with van der Waals surface area (Å²) in [5.41, 5.74) is 4.18. The fourth-order valence-corrected chi connectivity index (χ4v) is 4.27. The maximum Gasteiger partial charge on any atom is 0.256 e. The first-order valence-corrected chi connectivity index (χ1v) is 8.81. The number of hydrogen-bond acceptors (Lipinski definition) is 6. The minimum Gasteiger partial charge on any atom is -0.371 e. The maximum absolute atomic E-state index is 13.0. The highest BCUT2D eigenvalue weighted by atomic mass is 32.1. The zero-order valence-electron chi connectivity index (χ0n) is 13.3. The predicted molar refractivity (Wildman–Crippen MR) is 94.4 cm³/mol. The highest BCUT2D eigenvalue weighted by Crippen LogP contribution is 2.31. The quantitative estimate of drug-likeness (QED) is 0.496. The van der Waals surface area contributed by atoms with Crippen molar-refractivity contribution in [2.45, 2.75) is 19.2 Å². The first kappa shape index (κ1) is 16.2. The second kappa shape index (κ2) is 6.53. The van der Waals surface area contributed by atoms with Crippen LogP contribution in [0.5, 0.6) is 0 Å². The van der Waals surface area contributed by atoms with Gasteiger partial charge in [0.1, 0.15) is 0 Å². The average Bonchev–Trinajstić information content (AvgIpc) is 3.09. The second-order valence-electron chi connectivity index (χ2n) is 5.99. The van der Waals surface area contributed by atoms with Crippen molar-refractivity contribution in [3.63, 3.8) is 0 Å². The van der Waals surface area contributed by atoms with E-state index in [1.807, 2.05) is 41.9 Å². The fraction of sp³-hybridized carbons (Fsp3) is 0.222. The molecule has 6 nitrogen and oxygen atoms in total. The molecule has 0 fully saturated rings. The lowest BCUT2D eigenvalue weighted by Gasteiger charge is -2.27. The van der Waals surface area contributed by atoms with Crippen LogP contribution in [0.15, 0.2) is 42.6 Å². The third-order valence-electron chi connectivity index (χ3n) is 4.43. The van der Waals surface area contributed by atoms with Crippen LogP contribution in [-0.2, 0) is 13.0 Å². The van der Waals surface area contributed by atoms with Gasteiger partial charge in [-0.3, -0.25) is 9.78 Å². The van der Waals surface area contributed by atoms with Gasteiger partial charge in [-0.2, -0.15) is 5.48 Å². The zero-order valence-corrected chi connectivity index (χ0v) is 14.2. The van der Waals surface area contributed by atoms with Crippen LogP contribution in [0.1, 0.15) is 31.9 Å². The van der Waals surface area contributed by atoms with Crippen LogP contribution >= 0.6 is 11.3 Å². The zero-order chi connectivity index (χ0) is 17.4. The van der Waals surface area contributed by atoms with E-state index in [9.17, 15) is 9.90 Å². The number of hydroxylamine groups is 1. The van der Waals surface area contributed by atoms with Gasteiger partial charge < -0.3 is 15.2 Å². The maximum atomic E-state index is 13.0. The van der Waals surface area contributed by atoms with Gasteiger partial charge in [0.25, 0.3) is 5.91 Å². The number of nitrogens with one attached hydrogen (secondary N) is 1. The van der Waals surface area contributed by atoms with Crippen LogP contribution in [0.25, 0.3) is 10.9 Å². The first-order valence-electron chi connectivity index (χ1n) is 7.99. The normalized spacial score (nSPS) is 15.2. The molecule has 25 heavy (non-hydrogen) atoms. The van der Waals surface area contributed by atoms with E-state index in [0.29, 0.717) is 29.0 Å². The highest BCUT2D eigenvalue weighted by molar-refractivity contribution is 7.12.